The molecule has 0 fully saturated rings. The Morgan fingerprint density at radius 1 is 0.900 bits per heavy atom. The van der Waals surface area contributed by atoms with Crippen molar-refractivity contribution in [3.8, 4) is 0 Å². The van der Waals surface area contributed by atoms with Gasteiger partial charge in [0.1, 0.15) is 0 Å². The lowest BCUT2D eigenvalue weighted by Crippen LogP contribution is -2.40. The van der Waals surface area contributed by atoms with Crippen LogP contribution in [0.5, 0.6) is 0 Å². The second kappa shape index (κ2) is 2.11. The Morgan fingerprint density at radius 3 is 1.30 bits per heavy atom. The molecule has 0 aromatic heterocycles. The third-order valence-corrected chi connectivity index (χ3v) is 3.59. The first kappa shape index (κ1) is 7.84. The summed E-state index contributed by atoms with van der Waals surface area (Å²) in [7, 11) is 0. The molecule has 0 bridgehead atoms. The molecule has 1 aliphatic carbocycles. The van der Waals surface area contributed by atoms with Gasteiger partial charge in [-0.15, -0.1) is 0 Å². The van der Waals surface area contributed by atoms with E-state index in [-0.39, 0.29) is 0 Å². The van der Waals surface area contributed by atoms with Gasteiger partial charge in [-0.3, -0.25) is 0 Å². The average molecular weight is 138 g/mol. The van der Waals surface area contributed by atoms with Gasteiger partial charge in [-0.2, -0.15) is 0 Å². The maximum absolute atomic E-state index is 2.36. The van der Waals surface area contributed by atoms with Gasteiger partial charge in [0, 0.05) is 0 Å². The summed E-state index contributed by atoms with van der Waals surface area (Å²) in [5, 5.41) is 0. The lowest BCUT2D eigenvalue weighted by atomic mass is 9.55. The summed E-state index contributed by atoms with van der Waals surface area (Å²) in [5.74, 6) is 0. The molecule has 0 amide bonds. The van der Waals surface area contributed by atoms with Gasteiger partial charge in [-0.1, -0.05) is 39.8 Å². The lowest BCUT2D eigenvalue weighted by molar-refractivity contribution is 0.129. The molecular formula is C10H18. The summed E-state index contributed by atoms with van der Waals surface area (Å²) in [6.45, 7) is 9.27. The fourth-order valence-corrected chi connectivity index (χ4v) is 1.70. The van der Waals surface area contributed by atoms with E-state index in [1.54, 1.807) is 0 Å². The molecule has 10 heavy (non-hydrogen) atoms. The highest BCUT2D eigenvalue weighted by atomic mass is 14.5. The SMILES string of the molecule is CCC1(C)C=CC1(C)CC. The quantitative estimate of drug-likeness (QED) is 0.513. The molecule has 0 aromatic carbocycles. The van der Waals surface area contributed by atoms with Crippen molar-refractivity contribution in [3.63, 3.8) is 0 Å². The normalized spacial score (nSPS) is 45.2. The van der Waals surface area contributed by atoms with E-state index in [0.29, 0.717) is 10.8 Å². The van der Waals surface area contributed by atoms with Crippen LogP contribution in [0.3, 0.4) is 0 Å². The lowest BCUT2D eigenvalue weighted by Gasteiger charge is -2.49. The molecule has 0 N–H and O–H groups in total. The molecule has 1 rings (SSSR count). The second-order valence-corrected chi connectivity index (χ2v) is 3.88. The van der Waals surface area contributed by atoms with Gasteiger partial charge in [-0.05, 0) is 23.7 Å². The van der Waals surface area contributed by atoms with Crippen molar-refractivity contribution in [2.24, 2.45) is 10.8 Å². The molecule has 0 spiro atoms. The van der Waals surface area contributed by atoms with Crippen LogP contribution in [0.4, 0.5) is 0 Å². The van der Waals surface area contributed by atoms with Crippen LogP contribution >= 0.6 is 0 Å². The van der Waals surface area contributed by atoms with Crippen LogP contribution in [0.1, 0.15) is 40.5 Å². The van der Waals surface area contributed by atoms with Gasteiger partial charge in [0.2, 0.25) is 0 Å². The molecule has 2 atom stereocenters. The molecule has 58 valence electrons. The molecule has 0 aromatic rings. The van der Waals surface area contributed by atoms with Crippen molar-refractivity contribution in [2.45, 2.75) is 40.5 Å². The number of rotatable bonds is 2. The summed E-state index contributed by atoms with van der Waals surface area (Å²) < 4.78 is 0. The van der Waals surface area contributed by atoms with Crippen LogP contribution in [0.15, 0.2) is 12.2 Å². The molecule has 0 heterocycles. The first-order chi connectivity index (χ1) is 4.58. The molecule has 1 aliphatic rings. The van der Waals surface area contributed by atoms with Crippen molar-refractivity contribution in [1.82, 2.24) is 0 Å². The molecule has 2 unspecified atom stereocenters. The van der Waals surface area contributed by atoms with Gasteiger partial charge in [-0.25, -0.2) is 0 Å². The largest absolute Gasteiger partial charge is 0.0812 e. The summed E-state index contributed by atoms with van der Waals surface area (Å²) in [4.78, 5) is 0. The van der Waals surface area contributed by atoms with E-state index in [9.17, 15) is 0 Å². The molecular weight excluding hydrogens is 120 g/mol. The van der Waals surface area contributed by atoms with E-state index in [1.165, 1.54) is 12.8 Å². The van der Waals surface area contributed by atoms with Crippen molar-refractivity contribution < 1.29 is 0 Å². The van der Waals surface area contributed by atoms with Crippen molar-refractivity contribution in [1.29, 1.82) is 0 Å². The zero-order valence-corrected chi connectivity index (χ0v) is 7.57. The monoisotopic (exact) mass is 138 g/mol. The van der Waals surface area contributed by atoms with Crippen LogP contribution in [0.2, 0.25) is 0 Å². The summed E-state index contributed by atoms with van der Waals surface area (Å²) in [6.07, 6.45) is 7.26. The van der Waals surface area contributed by atoms with Crippen molar-refractivity contribution in [2.75, 3.05) is 0 Å². The van der Waals surface area contributed by atoms with E-state index < -0.39 is 0 Å². The first-order valence-corrected chi connectivity index (χ1v) is 4.28. The van der Waals surface area contributed by atoms with Crippen LogP contribution in [-0.4, -0.2) is 0 Å². The predicted molar refractivity (Wildman–Crippen MR) is 45.9 cm³/mol. The minimum atomic E-state index is 0.488. The second-order valence-electron chi connectivity index (χ2n) is 3.88. The Bertz CT molecular complexity index is 139. The van der Waals surface area contributed by atoms with E-state index in [2.05, 4.69) is 39.8 Å². The Kier molecular flexibility index (Phi) is 1.66. The van der Waals surface area contributed by atoms with Gasteiger partial charge < -0.3 is 0 Å². The Morgan fingerprint density at radius 2 is 1.20 bits per heavy atom. The average Bonchev–Trinajstić information content (AvgIpc) is 1.99. The Balaban J connectivity index is 2.77. The smallest absolute Gasteiger partial charge is 0.00608 e. The maximum atomic E-state index is 2.36. The highest BCUT2D eigenvalue weighted by Gasteiger charge is 2.44. The minimum absolute atomic E-state index is 0.488. The van der Waals surface area contributed by atoms with Gasteiger partial charge in [0.05, 0.1) is 0 Å². The van der Waals surface area contributed by atoms with Crippen LogP contribution in [0, 0.1) is 10.8 Å². The van der Waals surface area contributed by atoms with Crippen LogP contribution < -0.4 is 0 Å². The molecule has 0 radical (unpaired) electrons. The number of hydrogen-bond donors (Lipinski definition) is 0. The third-order valence-electron chi connectivity index (χ3n) is 3.59. The Labute approximate surface area is 64.3 Å². The number of hydrogen-bond acceptors (Lipinski definition) is 0. The predicted octanol–water partition coefficient (Wildman–Crippen LogP) is 3.39. The fraction of sp³-hybridized carbons (Fsp3) is 0.800. The first-order valence-electron chi connectivity index (χ1n) is 4.28. The minimum Gasteiger partial charge on any atom is -0.0812 e. The summed E-state index contributed by atoms with van der Waals surface area (Å²) in [6, 6.07) is 0. The van der Waals surface area contributed by atoms with Crippen molar-refractivity contribution >= 4 is 0 Å². The molecule has 0 aliphatic heterocycles. The molecule has 0 nitrogen and oxygen atoms in total. The topological polar surface area (TPSA) is 0 Å². The zero-order chi connectivity index (χ0) is 7.83. The zero-order valence-electron chi connectivity index (χ0n) is 7.57. The van der Waals surface area contributed by atoms with Crippen LogP contribution in [0.25, 0.3) is 0 Å². The van der Waals surface area contributed by atoms with E-state index in [4.69, 9.17) is 0 Å². The van der Waals surface area contributed by atoms with Crippen molar-refractivity contribution in [3.05, 3.63) is 12.2 Å². The maximum Gasteiger partial charge on any atom is -0.00608 e. The highest BCUT2D eigenvalue weighted by molar-refractivity contribution is 5.23. The standard InChI is InChI=1S/C10H18/c1-5-9(3)7-8-10(9,4)6-2/h7-8H,5-6H2,1-4H3. The molecule has 0 saturated heterocycles. The number of allylic oxidation sites excluding steroid dienone is 2. The van der Waals surface area contributed by atoms with Gasteiger partial charge in [0.15, 0.2) is 0 Å². The molecule has 0 heteroatoms. The highest BCUT2D eigenvalue weighted by Crippen LogP contribution is 2.53. The summed E-state index contributed by atoms with van der Waals surface area (Å²) in [5.41, 5.74) is 0.976. The van der Waals surface area contributed by atoms with E-state index in [1.807, 2.05) is 0 Å². The Hall–Kier alpha value is -0.260. The fourth-order valence-electron chi connectivity index (χ4n) is 1.70. The summed E-state index contributed by atoms with van der Waals surface area (Å²) >= 11 is 0. The third kappa shape index (κ3) is 0.744. The van der Waals surface area contributed by atoms with E-state index >= 15 is 0 Å². The van der Waals surface area contributed by atoms with Gasteiger partial charge >= 0.3 is 0 Å². The van der Waals surface area contributed by atoms with Gasteiger partial charge in [0.25, 0.3) is 0 Å². The van der Waals surface area contributed by atoms with Crippen LogP contribution in [-0.2, 0) is 0 Å². The van der Waals surface area contributed by atoms with E-state index in [0.717, 1.165) is 0 Å². The molecule has 0 saturated carbocycles.